The van der Waals surface area contributed by atoms with E-state index < -0.39 is 22.7 Å². The summed E-state index contributed by atoms with van der Waals surface area (Å²) in [6.07, 6.45) is 1.07. The molecule has 0 spiro atoms. The number of aliphatic carboxylic acids is 1. The van der Waals surface area contributed by atoms with E-state index in [-0.39, 0.29) is 29.5 Å². The number of nitrogen functional groups attached to an aromatic ring is 1. The molecule has 1 saturated heterocycles. The standard InChI is InChI=1S/C14H17N3O5/c1-8-5-6-9(14(19)20)7-16(8)13(18)10-3-2-4-11(12(10)15)17(21)22/h2-4,8-9H,5-7,15H2,1H3,(H,19,20). The number of nitro groups is 1. The van der Waals surface area contributed by atoms with Crippen LogP contribution in [0.25, 0.3) is 0 Å². The normalized spacial score (nSPS) is 21.4. The number of para-hydroxylation sites is 1. The summed E-state index contributed by atoms with van der Waals surface area (Å²) >= 11 is 0. The molecule has 1 amide bonds. The largest absolute Gasteiger partial charge is 0.481 e. The van der Waals surface area contributed by atoms with Gasteiger partial charge in [0.15, 0.2) is 0 Å². The highest BCUT2D eigenvalue weighted by atomic mass is 16.6. The number of nitrogens with zero attached hydrogens (tertiary/aromatic N) is 2. The third kappa shape index (κ3) is 2.85. The quantitative estimate of drug-likeness (QED) is 0.495. The first-order chi connectivity index (χ1) is 10.3. The number of anilines is 1. The minimum Gasteiger partial charge on any atom is -0.481 e. The van der Waals surface area contributed by atoms with Gasteiger partial charge in [-0.15, -0.1) is 0 Å². The second kappa shape index (κ2) is 6.00. The van der Waals surface area contributed by atoms with E-state index >= 15 is 0 Å². The van der Waals surface area contributed by atoms with Crippen molar-refractivity contribution in [2.45, 2.75) is 25.8 Å². The van der Waals surface area contributed by atoms with Crippen molar-refractivity contribution < 1.29 is 19.6 Å². The van der Waals surface area contributed by atoms with Gasteiger partial charge in [-0.3, -0.25) is 19.7 Å². The van der Waals surface area contributed by atoms with Gasteiger partial charge in [0.1, 0.15) is 5.69 Å². The number of nitro benzene ring substituents is 1. The van der Waals surface area contributed by atoms with E-state index in [1.165, 1.54) is 23.1 Å². The highest BCUT2D eigenvalue weighted by Gasteiger charge is 2.34. The van der Waals surface area contributed by atoms with Crippen molar-refractivity contribution in [2.75, 3.05) is 12.3 Å². The van der Waals surface area contributed by atoms with Gasteiger partial charge in [0.2, 0.25) is 0 Å². The zero-order chi connectivity index (χ0) is 16.4. The third-order valence-corrected chi connectivity index (χ3v) is 4.00. The van der Waals surface area contributed by atoms with Crippen LogP contribution >= 0.6 is 0 Å². The third-order valence-electron chi connectivity index (χ3n) is 4.00. The molecule has 1 aliphatic heterocycles. The summed E-state index contributed by atoms with van der Waals surface area (Å²) in [6.45, 7) is 1.90. The SMILES string of the molecule is CC1CCC(C(=O)O)CN1C(=O)c1cccc([N+](=O)[O-])c1N. The number of likely N-dealkylation sites (tertiary alicyclic amines) is 1. The Morgan fingerprint density at radius 1 is 1.41 bits per heavy atom. The minimum atomic E-state index is -0.947. The Balaban J connectivity index is 2.32. The molecule has 0 saturated carbocycles. The van der Waals surface area contributed by atoms with E-state index in [0.717, 1.165) is 0 Å². The van der Waals surface area contributed by atoms with Gasteiger partial charge in [-0.2, -0.15) is 0 Å². The Labute approximate surface area is 126 Å². The van der Waals surface area contributed by atoms with Gasteiger partial charge >= 0.3 is 5.97 Å². The van der Waals surface area contributed by atoms with Gasteiger partial charge < -0.3 is 15.7 Å². The fourth-order valence-corrected chi connectivity index (χ4v) is 2.64. The van der Waals surface area contributed by atoms with E-state index in [9.17, 15) is 19.7 Å². The van der Waals surface area contributed by atoms with Gasteiger partial charge in [0.05, 0.1) is 16.4 Å². The summed E-state index contributed by atoms with van der Waals surface area (Å²) in [5, 5.41) is 20.0. The van der Waals surface area contributed by atoms with Crippen molar-refractivity contribution in [2.24, 2.45) is 5.92 Å². The highest BCUT2D eigenvalue weighted by molar-refractivity contribution is 6.01. The molecule has 1 heterocycles. The molecular formula is C14H17N3O5. The molecule has 1 fully saturated rings. The molecule has 0 bridgehead atoms. The summed E-state index contributed by atoms with van der Waals surface area (Å²) in [5.41, 5.74) is 5.24. The lowest BCUT2D eigenvalue weighted by molar-refractivity contribution is -0.383. The van der Waals surface area contributed by atoms with E-state index in [4.69, 9.17) is 10.8 Å². The first-order valence-electron chi connectivity index (χ1n) is 6.89. The highest BCUT2D eigenvalue weighted by Crippen LogP contribution is 2.29. The maximum absolute atomic E-state index is 12.6. The summed E-state index contributed by atoms with van der Waals surface area (Å²) in [6, 6.07) is 3.90. The molecule has 0 aromatic heterocycles. The van der Waals surface area contributed by atoms with Crippen LogP contribution < -0.4 is 5.73 Å². The van der Waals surface area contributed by atoms with Crippen LogP contribution in [0.4, 0.5) is 11.4 Å². The zero-order valence-electron chi connectivity index (χ0n) is 12.1. The summed E-state index contributed by atoms with van der Waals surface area (Å²) < 4.78 is 0. The lowest BCUT2D eigenvalue weighted by atomic mass is 9.92. The Hall–Kier alpha value is -2.64. The van der Waals surface area contributed by atoms with Crippen LogP contribution in [-0.2, 0) is 4.79 Å². The van der Waals surface area contributed by atoms with E-state index in [1.807, 2.05) is 6.92 Å². The van der Waals surface area contributed by atoms with Crippen LogP contribution in [0.15, 0.2) is 18.2 Å². The second-order valence-electron chi connectivity index (χ2n) is 5.41. The van der Waals surface area contributed by atoms with Crippen LogP contribution in [0, 0.1) is 16.0 Å². The molecule has 0 radical (unpaired) electrons. The number of piperidine rings is 1. The number of carboxylic acid groups (broad SMARTS) is 1. The molecule has 1 aromatic rings. The molecule has 8 heteroatoms. The Morgan fingerprint density at radius 3 is 2.68 bits per heavy atom. The van der Waals surface area contributed by atoms with E-state index in [1.54, 1.807) is 0 Å². The smallest absolute Gasteiger partial charge is 0.308 e. The van der Waals surface area contributed by atoms with Crippen molar-refractivity contribution in [3.63, 3.8) is 0 Å². The lowest BCUT2D eigenvalue weighted by Gasteiger charge is -2.36. The van der Waals surface area contributed by atoms with Gasteiger partial charge in [-0.1, -0.05) is 6.07 Å². The molecule has 1 aliphatic rings. The van der Waals surface area contributed by atoms with Crippen LogP contribution in [0.2, 0.25) is 0 Å². The number of hydrogen-bond acceptors (Lipinski definition) is 5. The number of hydrogen-bond donors (Lipinski definition) is 2. The molecule has 1 aromatic carbocycles. The maximum atomic E-state index is 12.6. The van der Waals surface area contributed by atoms with Crippen LogP contribution in [0.5, 0.6) is 0 Å². The molecular weight excluding hydrogens is 290 g/mol. The molecule has 0 aliphatic carbocycles. The number of amides is 1. The monoisotopic (exact) mass is 307 g/mol. The number of carboxylic acids is 1. The molecule has 8 nitrogen and oxygen atoms in total. The molecule has 118 valence electrons. The Morgan fingerprint density at radius 2 is 2.09 bits per heavy atom. The van der Waals surface area contributed by atoms with Gasteiger partial charge in [-0.25, -0.2) is 0 Å². The second-order valence-corrected chi connectivity index (χ2v) is 5.41. The van der Waals surface area contributed by atoms with E-state index in [0.29, 0.717) is 12.8 Å². The maximum Gasteiger partial charge on any atom is 0.308 e. The van der Waals surface area contributed by atoms with Crippen molar-refractivity contribution in [3.05, 3.63) is 33.9 Å². The first kappa shape index (κ1) is 15.7. The van der Waals surface area contributed by atoms with Crippen LogP contribution in [0.3, 0.4) is 0 Å². The number of nitrogens with two attached hydrogens (primary N) is 1. The average Bonchev–Trinajstić information content (AvgIpc) is 2.46. The Bertz CT molecular complexity index is 631. The lowest BCUT2D eigenvalue weighted by Crippen LogP contribution is -2.47. The van der Waals surface area contributed by atoms with Crippen molar-refractivity contribution >= 4 is 23.3 Å². The van der Waals surface area contributed by atoms with E-state index in [2.05, 4.69) is 0 Å². The summed E-state index contributed by atoms with van der Waals surface area (Å²) in [5.74, 6) is -2.04. The van der Waals surface area contributed by atoms with Crippen molar-refractivity contribution in [3.8, 4) is 0 Å². The molecule has 2 rings (SSSR count). The number of carbonyl (C=O) groups is 2. The molecule has 2 unspecified atom stereocenters. The number of carbonyl (C=O) groups excluding carboxylic acids is 1. The fraction of sp³-hybridized carbons (Fsp3) is 0.429. The first-order valence-corrected chi connectivity index (χ1v) is 6.89. The van der Waals surface area contributed by atoms with Crippen LogP contribution in [0.1, 0.15) is 30.1 Å². The minimum absolute atomic E-state index is 0.0343. The van der Waals surface area contributed by atoms with Crippen LogP contribution in [-0.4, -0.2) is 39.4 Å². The van der Waals surface area contributed by atoms with Crippen molar-refractivity contribution in [1.82, 2.24) is 4.90 Å². The summed E-state index contributed by atoms with van der Waals surface area (Å²) in [4.78, 5) is 35.4. The summed E-state index contributed by atoms with van der Waals surface area (Å²) in [7, 11) is 0. The number of benzene rings is 1. The van der Waals surface area contributed by atoms with Gasteiger partial charge in [-0.05, 0) is 25.8 Å². The Kier molecular flexibility index (Phi) is 4.30. The predicted octanol–water partition coefficient (Wildman–Crippen LogP) is 1.50. The molecule has 2 atom stereocenters. The van der Waals surface area contributed by atoms with Crippen molar-refractivity contribution in [1.29, 1.82) is 0 Å². The topological polar surface area (TPSA) is 127 Å². The average molecular weight is 307 g/mol. The molecule has 3 N–H and O–H groups in total. The predicted molar refractivity (Wildman–Crippen MR) is 78.4 cm³/mol. The fourth-order valence-electron chi connectivity index (χ4n) is 2.64. The number of rotatable bonds is 3. The van der Waals surface area contributed by atoms with Gasteiger partial charge in [0, 0.05) is 18.7 Å². The van der Waals surface area contributed by atoms with Gasteiger partial charge in [0.25, 0.3) is 11.6 Å². The molecule has 22 heavy (non-hydrogen) atoms. The zero-order valence-corrected chi connectivity index (χ0v) is 12.1.